The van der Waals surface area contributed by atoms with E-state index in [9.17, 15) is 18.0 Å². The number of anilines is 1. The Kier molecular flexibility index (Phi) is 4.99. The van der Waals surface area contributed by atoms with Crippen molar-refractivity contribution in [1.29, 1.82) is 0 Å². The van der Waals surface area contributed by atoms with Crippen LogP contribution in [-0.4, -0.2) is 11.1 Å². The maximum absolute atomic E-state index is 12.7. The van der Waals surface area contributed by atoms with Gasteiger partial charge in [-0.1, -0.05) is 22.8 Å². The lowest BCUT2D eigenvalue weighted by molar-refractivity contribution is -0.137. The summed E-state index contributed by atoms with van der Waals surface area (Å²) in [5.74, 6) is -0.0381. The largest absolute Gasteiger partial charge is 0.416 e. The molecule has 8 heteroatoms. The zero-order chi connectivity index (χ0) is 18.7. The van der Waals surface area contributed by atoms with Crippen LogP contribution in [-0.2, 0) is 17.4 Å². The minimum absolute atomic E-state index is 0.0613. The van der Waals surface area contributed by atoms with Gasteiger partial charge in [0.1, 0.15) is 0 Å². The van der Waals surface area contributed by atoms with Crippen LogP contribution in [0.3, 0.4) is 0 Å². The summed E-state index contributed by atoms with van der Waals surface area (Å²) in [6.07, 6.45) is -4.60. The fourth-order valence-corrected chi connectivity index (χ4v) is 2.41. The maximum Gasteiger partial charge on any atom is 0.416 e. The van der Waals surface area contributed by atoms with E-state index in [0.717, 1.165) is 17.7 Å². The average Bonchev–Trinajstić information content (AvgIpc) is 3.03. The summed E-state index contributed by atoms with van der Waals surface area (Å²) in [5.41, 5.74) is 0.332. The number of rotatable bonds is 4. The predicted octanol–water partition coefficient (Wildman–Crippen LogP) is 5.20. The number of amides is 1. The van der Waals surface area contributed by atoms with Crippen molar-refractivity contribution in [2.45, 2.75) is 12.6 Å². The van der Waals surface area contributed by atoms with Gasteiger partial charge in [-0.2, -0.15) is 13.2 Å². The fraction of sp³-hybridized carbons (Fsp3) is 0.111. The normalized spacial score (nSPS) is 11.4. The second-order valence-corrected chi connectivity index (χ2v) is 5.93. The van der Waals surface area contributed by atoms with E-state index < -0.39 is 17.6 Å². The molecule has 2 aromatic carbocycles. The van der Waals surface area contributed by atoms with Crippen molar-refractivity contribution in [3.63, 3.8) is 0 Å². The van der Waals surface area contributed by atoms with Gasteiger partial charge in [0.25, 0.3) is 0 Å². The molecule has 0 aliphatic heterocycles. The topological polar surface area (TPSA) is 55.1 Å². The van der Waals surface area contributed by atoms with Crippen molar-refractivity contribution >= 4 is 23.2 Å². The number of hydrogen-bond acceptors (Lipinski definition) is 3. The number of nitrogens with zero attached hydrogens (tertiary/aromatic N) is 1. The Hall–Kier alpha value is -2.80. The molecule has 0 saturated carbocycles. The zero-order valence-electron chi connectivity index (χ0n) is 13.2. The molecule has 0 radical (unpaired) electrons. The molecule has 0 spiro atoms. The van der Waals surface area contributed by atoms with Gasteiger partial charge in [0.05, 0.1) is 17.7 Å². The SMILES string of the molecule is O=C(Cc1cc(-c2ccc(Cl)cc2)on1)Nc1cccc(C(F)(F)F)c1. The molecular weight excluding hydrogens is 369 g/mol. The first-order valence-electron chi connectivity index (χ1n) is 7.50. The molecule has 1 N–H and O–H groups in total. The van der Waals surface area contributed by atoms with E-state index in [0.29, 0.717) is 16.5 Å². The summed E-state index contributed by atoms with van der Waals surface area (Å²) < 4.78 is 43.3. The van der Waals surface area contributed by atoms with Crippen LogP contribution < -0.4 is 5.32 Å². The summed E-state index contributed by atoms with van der Waals surface area (Å²) in [6.45, 7) is 0. The predicted molar refractivity (Wildman–Crippen MR) is 90.7 cm³/mol. The highest BCUT2D eigenvalue weighted by Crippen LogP contribution is 2.30. The van der Waals surface area contributed by atoms with Crippen LogP contribution in [0.1, 0.15) is 11.3 Å². The fourth-order valence-electron chi connectivity index (χ4n) is 2.29. The molecule has 134 valence electrons. The minimum atomic E-state index is -4.47. The molecule has 1 aromatic heterocycles. The van der Waals surface area contributed by atoms with E-state index >= 15 is 0 Å². The van der Waals surface area contributed by atoms with Crippen molar-refractivity contribution in [2.75, 3.05) is 5.32 Å². The van der Waals surface area contributed by atoms with Crippen molar-refractivity contribution in [3.05, 3.63) is 70.9 Å². The molecule has 0 aliphatic rings. The standard InChI is InChI=1S/C18H12ClF3N2O2/c19-13-6-4-11(5-7-13)16-9-15(24-26-16)10-17(25)23-14-3-1-2-12(8-14)18(20,21)22/h1-9H,10H2,(H,23,25). The molecule has 0 atom stereocenters. The van der Waals surface area contributed by atoms with E-state index in [1.807, 2.05) is 0 Å². The first-order chi connectivity index (χ1) is 12.3. The van der Waals surface area contributed by atoms with Crippen molar-refractivity contribution < 1.29 is 22.5 Å². The molecule has 0 aliphatic carbocycles. The number of alkyl halides is 3. The molecule has 3 aromatic rings. The van der Waals surface area contributed by atoms with Gasteiger partial charge in [-0.25, -0.2) is 0 Å². The van der Waals surface area contributed by atoms with E-state index in [2.05, 4.69) is 10.5 Å². The summed E-state index contributed by atoms with van der Waals surface area (Å²) in [7, 11) is 0. The second kappa shape index (κ2) is 7.21. The number of halogens is 4. The zero-order valence-corrected chi connectivity index (χ0v) is 13.9. The number of nitrogens with one attached hydrogen (secondary N) is 1. The van der Waals surface area contributed by atoms with Gasteiger partial charge in [-0.15, -0.1) is 0 Å². The maximum atomic E-state index is 12.7. The number of benzene rings is 2. The number of carbonyl (C=O) groups excluding carboxylic acids is 1. The lowest BCUT2D eigenvalue weighted by atomic mass is 10.1. The molecule has 0 bridgehead atoms. The van der Waals surface area contributed by atoms with Crippen LogP contribution in [0.4, 0.5) is 18.9 Å². The summed E-state index contributed by atoms with van der Waals surface area (Å²) >= 11 is 5.82. The molecular formula is C18H12ClF3N2O2. The van der Waals surface area contributed by atoms with Crippen LogP contribution in [0.2, 0.25) is 5.02 Å². The third kappa shape index (κ3) is 4.43. The van der Waals surface area contributed by atoms with Gasteiger partial charge in [0.15, 0.2) is 5.76 Å². The Balaban J connectivity index is 1.67. The van der Waals surface area contributed by atoms with Crippen molar-refractivity contribution in [3.8, 4) is 11.3 Å². The Morgan fingerprint density at radius 3 is 2.54 bits per heavy atom. The van der Waals surface area contributed by atoms with E-state index in [1.54, 1.807) is 30.3 Å². The Labute approximate surface area is 151 Å². The second-order valence-electron chi connectivity index (χ2n) is 5.49. The summed E-state index contributed by atoms with van der Waals surface area (Å²) in [6, 6.07) is 12.9. The van der Waals surface area contributed by atoms with Crippen LogP contribution >= 0.6 is 11.6 Å². The van der Waals surface area contributed by atoms with Crippen LogP contribution in [0, 0.1) is 0 Å². The molecule has 26 heavy (non-hydrogen) atoms. The Morgan fingerprint density at radius 1 is 1.12 bits per heavy atom. The first-order valence-corrected chi connectivity index (χ1v) is 7.88. The first kappa shape index (κ1) is 18.0. The molecule has 4 nitrogen and oxygen atoms in total. The molecule has 3 rings (SSSR count). The molecule has 0 saturated heterocycles. The van der Waals surface area contributed by atoms with Gasteiger partial charge >= 0.3 is 6.18 Å². The number of carbonyl (C=O) groups is 1. The van der Waals surface area contributed by atoms with Crippen LogP contribution in [0.15, 0.2) is 59.1 Å². The van der Waals surface area contributed by atoms with Gasteiger partial charge in [0.2, 0.25) is 5.91 Å². The summed E-state index contributed by atoms with van der Waals surface area (Å²) in [5, 5.41) is 6.80. The monoisotopic (exact) mass is 380 g/mol. The van der Waals surface area contributed by atoms with Crippen LogP contribution in [0.5, 0.6) is 0 Å². The lowest BCUT2D eigenvalue weighted by Gasteiger charge is -2.09. The molecule has 0 unspecified atom stereocenters. The van der Waals surface area contributed by atoms with Crippen molar-refractivity contribution in [2.24, 2.45) is 0 Å². The highest BCUT2D eigenvalue weighted by atomic mass is 35.5. The van der Waals surface area contributed by atoms with Gasteiger partial charge < -0.3 is 9.84 Å². The van der Waals surface area contributed by atoms with E-state index in [1.165, 1.54) is 12.1 Å². The smallest absolute Gasteiger partial charge is 0.356 e. The highest BCUT2D eigenvalue weighted by molar-refractivity contribution is 6.30. The Morgan fingerprint density at radius 2 is 1.85 bits per heavy atom. The Bertz CT molecular complexity index is 921. The summed E-state index contributed by atoms with van der Waals surface area (Å²) in [4.78, 5) is 12.0. The number of hydrogen-bond donors (Lipinski definition) is 1. The molecule has 0 fully saturated rings. The average molecular weight is 381 g/mol. The lowest BCUT2D eigenvalue weighted by Crippen LogP contribution is -2.15. The van der Waals surface area contributed by atoms with Crippen LogP contribution in [0.25, 0.3) is 11.3 Å². The number of aromatic nitrogens is 1. The third-order valence-electron chi connectivity index (χ3n) is 3.50. The van der Waals surface area contributed by atoms with Gasteiger partial charge in [-0.3, -0.25) is 4.79 Å². The van der Waals surface area contributed by atoms with Gasteiger partial charge in [-0.05, 0) is 42.5 Å². The minimum Gasteiger partial charge on any atom is -0.356 e. The van der Waals surface area contributed by atoms with Gasteiger partial charge in [0, 0.05) is 22.3 Å². The van der Waals surface area contributed by atoms with E-state index in [4.69, 9.17) is 16.1 Å². The third-order valence-corrected chi connectivity index (χ3v) is 3.75. The molecule has 1 heterocycles. The highest BCUT2D eigenvalue weighted by Gasteiger charge is 2.30. The van der Waals surface area contributed by atoms with Crippen molar-refractivity contribution in [1.82, 2.24) is 5.16 Å². The quantitative estimate of drug-likeness (QED) is 0.677. The molecule has 1 amide bonds. The van der Waals surface area contributed by atoms with E-state index in [-0.39, 0.29) is 12.1 Å².